The molecule has 0 aliphatic rings. The Kier molecular flexibility index (Phi) is 6.81. The highest BCUT2D eigenvalue weighted by molar-refractivity contribution is 6.33. The Morgan fingerprint density at radius 2 is 1.81 bits per heavy atom. The van der Waals surface area contributed by atoms with Crippen molar-refractivity contribution in [1.82, 2.24) is 10.6 Å². The molecule has 1 aromatic rings. The summed E-state index contributed by atoms with van der Waals surface area (Å²) in [7, 11) is 0. The van der Waals surface area contributed by atoms with Gasteiger partial charge in [0.05, 0.1) is 0 Å². The van der Waals surface area contributed by atoms with Crippen LogP contribution in [0.15, 0.2) is 18.2 Å². The fraction of sp³-hybridized carbons (Fsp3) is 0.500. The number of hydrogen-bond donors (Lipinski definition) is 2. The van der Waals surface area contributed by atoms with E-state index in [1.54, 1.807) is 6.07 Å². The summed E-state index contributed by atoms with van der Waals surface area (Å²) in [5, 5.41) is 8.14. The fourth-order valence-corrected chi connectivity index (χ4v) is 1.76. The minimum absolute atomic E-state index is 0.727. The molecule has 0 amide bonds. The van der Waals surface area contributed by atoms with Crippen LogP contribution in [0.1, 0.15) is 18.9 Å². The largest absolute Gasteiger partial charge is 0.315 e. The lowest BCUT2D eigenvalue weighted by Crippen LogP contribution is -2.27. The van der Waals surface area contributed by atoms with Gasteiger partial charge in [0.15, 0.2) is 0 Å². The minimum Gasteiger partial charge on any atom is -0.315 e. The summed E-state index contributed by atoms with van der Waals surface area (Å²) in [5.41, 5.74) is 1.05. The third-order valence-corrected chi connectivity index (χ3v) is 2.83. The van der Waals surface area contributed by atoms with Crippen molar-refractivity contribution in [2.75, 3.05) is 19.6 Å². The molecule has 0 spiro atoms. The quantitative estimate of drug-likeness (QED) is 0.737. The number of rotatable bonds is 7. The van der Waals surface area contributed by atoms with Crippen molar-refractivity contribution in [3.63, 3.8) is 0 Å². The lowest BCUT2D eigenvalue weighted by molar-refractivity contribution is 0.607. The zero-order valence-corrected chi connectivity index (χ0v) is 11.0. The van der Waals surface area contributed by atoms with E-state index in [2.05, 4.69) is 17.6 Å². The lowest BCUT2D eigenvalue weighted by Gasteiger charge is -2.07. The maximum Gasteiger partial charge on any atom is 0.0451 e. The molecule has 2 N–H and O–H groups in total. The Morgan fingerprint density at radius 1 is 1.06 bits per heavy atom. The Balaban J connectivity index is 2.23. The second kappa shape index (κ2) is 7.91. The monoisotopic (exact) mass is 260 g/mol. The van der Waals surface area contributed by atoms with E-state index in [1.165, 1.54) is 6.42 Å². The molecule has 0 saturated carbocycles. The maximum absolute atomic E-state index is 6.04. The van der Waals surface area contributed by atoms with Crippen molar-refractivity contribution < 1.29 is 0 Å². The first-order chi connectivity index (χ1) is 7.74. The maximum atomic E-state index is 6.04. The third kappa shape index (κ3) is 5.17. The van der Waals surface area contributed by atoms with Crippen LogP contribution in [0, 0.1) is 0 Å². The first-order valence-electron chi connectivity index (χ1n) is 5.59. The van der Waals surface area contributed by atoms with E-state index < -0.39 is 0 Å². The molecule has 0 aliphatic carbocycles. The summed E-state index contributed by atoms with van der Waals surface area (Å²) in [5.74, 6) is 0. The first kappa shape index (κ1) is 13.8. The number of nitrogens with one attached hydrogen (secondary N) is 2. The lowest BCUT2D eigenvalue weighted by atomic mass is 10.2. The van der Waals surface area contributed by atoms with Crippen LogP contribution >= 0.6 is 23.2 Å². The summed E-state index contributed by atoms with van der Waals surface area (Å²) in [4.78, 5) is 0. The molecule has 0 aromatic heterocycles. The molecule has 0 heterocycles. The van der Waals surface area contributed by atoms with Gasteiger partial charge in [0.1, 0.15) is 0 Å². The Bertz CT molecular complexity index is 316. The van der Waals surface area contributed by atoms with Gasteiger partial charge in [-0.2, -0.15) is 0 Å². The predicted molar refractivity (Wildman–Crippen MR) is 71.3 cm³/mol. The van der Waals surface area contributed by atoms with E-state index >= 15 is 0 Å². The van der Waals surface area contributed by atoms with E-state index in [1.807, 2.05) is 12.1 Å². The average Bonchev–Trinajstić information content (AvgIpc) is 2.28. The highest BCUT2D eigenvalue weighted by Crippen LogP contribution is 2.20. The van der Waals surface area contributed by atoms with Crippen LogP contribution in [0.2, 0.25) is 10.0 Å². The van der Waals surface area contributed by atoms with E-state index in [-0.39, 0.29) is 0 Å². The summed E-state index contributed by atoms with van der Waals surface area (Å²) < 4.78 is 0. The SMILES string of the molecule is CCCNCCNCc1cc(Cl)ccc1Cl. The zero-order chi connectivity index (χ0) is 11.8. The molecule has 0 atom stereocenters. The molecule has 0 saturated heterocycles. The van der Waals surface area contributed by atoms with Crippen LogP contribution in [0.5, 0.6) is 0 Å². The zero-order valence-electron chi connectivity index (χ0n) is 9.52. The van der Waals surface area contributed by atoms with Crippen LogP contribution in [0.4, 0.5) is 0 Å². The van der Waals surface area contributed by atoms with Crippen LogP contribution in [0.25, 0.3) is 0 Å². The van der Waals surface area contributed by atoms with Crippen molar-refractivity contribution in [2.24, 2.45) is 0 Å². The molecule has 90 valence electrons. The van der Waals surface area contributed by atoms with Gasteiger partial charge in [-0.25, -0.2) is 0 Å². The molecule has 1 aromatic carbocycles. The topological polar surface area (TPSA) is 24.1 Å². The minimum atomic E-state index is 0.727. The van der Waals surface area contributed by atoms with Crippen LogP contribution in [0.3, 0.4) is 0 Å². The summed E-state index contributed by atoms with van der Waals surface area (Å²) >= 11 is 11.9. The second-order valence-electron chi connectivity index (χ2n) is 3.66. The standard InChI is InChI=1S/C12H18Cl2N2/c1-2-5-15-6-7-16-9-10-8-11(13)3-4-12(10)14/h3-4,8,15-16H,2,5-7,9H2,1H3. The fourth-order valence-electron chi connectivity index (χ4n) is 1.38. The van der Waals surface area contributed by atoms with Crippen LogP contribution in [-0.4, -0.2) is 19.6 Å². The predicted octanol–water partition coefficient (Wildman–Crippen LogP) is 3.08. The highest BCUT2D eigenvalue weighted by Gasteiger charge is 2.00. The van der Waals surface area contributed by atoms with E-state index in [0.717, 1.165) is 41.8 Å². The van der Waals surface area contributed by atoms with E-state index in [4.69, 9.17) is 23.2 Å². The molecule has 2 nitrogen and oxygen atoms in total. The Labute approximate surface area is 107 Å². The normalized spacial score (nSPS) is 10.7. The smallest absolute Gasteiger partial charge is 0.0451 e. The molecule has 16 heavy (non-hydrogen) atoms. The molecule has 0 unspecified atom stereocenters. The van der Waals surface area contributed by atoms with Gasteiger partial charge in [0.2, 0.25) is 0 Å². The van der Waals surface area contributed by atoms with Crippen molar-refractivity contribution in [1.29, 1.82) is 0 Å². The molecule has 0 radical (unpaired) electrons. The second-order valence-corrected chi connectivity index (χ2v) is 4.51. The van der Waals surface area contributed by atoms with Gasteiger partial charge in [-0.15, -0.1) is 0 Å². The molecule has 1 rings (SSSR count). The van der Waals surface area contributed by atoms with Crippen molar-refractivity contribution in [3.05, 3.63) is 33.8 Å². The highest BCUT2D eigenvalue weighted by atomic mass is 35.5. The molecule has 0 fully saturated rings. The Hall–Kier alpha value is -0.280. The summed E-state index contributed by atoms with van der Waals surface area (Å²) in [6, 6.07) is 5.53. The van der Waals surface area contributed by atoms with Gasteiger partial charge in [-0.05, 0) is 36.7 Å². The summed E-state index contributed by atoms with van der Waals surface area (Å²) in [6.07, 6.45) is 1.17. The summed E-state index contributed by atoms with van der Waals surface area (Å²) in [6.45, 7) is 5.90. The first-order valence-corrected chi connectivity index (χ1v) is 6.35. The van der Waals surface area contributed by atoms with Gasteiger partial charge in [-0.1, -0.05) is 30.1 Å². The van der Waals surface area contributed by atoms with Crippen molar-refractivity contribution in [2.45, 2.75) is 19.9 Å². The van der Waals surface area contributed by atoms with Crippen LogP contribution < -0.4 is 10.6 Å². The number of benzene rings is 1. The third-order valence-electron chi connectivity index (χ3n) is 2.23. The van der Waals surface area contributed by atoms with Crippen molar-refractivity contribution >= 4 is 23.2 Å². The molecule has 0 bridgehead atoms. The Morgan fingerprint density at radius 3 is 2.56 bits per heavy atom. The van der Waals surface area contributed by atoms with Gasteiger partial charge in [-0.3, -0.25) is 0 Å². The van der Waals surface area contributed by atoms with Gasteiger partial charge in [0, 0.05) is 29.7 Å². The number of halogens is 2. The number of hydrogen-bond acceptors (Lipinski definition) is 2. The molecule has 0 aliphatic heterocycles. The average molecular weight is 261 g/mol. The van der Waals surface area contributed by atoms with Gasteiger partial charge < -0.3 is 10.6 Å². The van der Waals surface area contributed by atoms with Gasteiger partial charge >= 0.3 is 0 Å². The molecule has 4 heteroatoms. The van der Waals surface area contributed by atoms with E-state index in [0.29, 0.717) is 0 Å². The van der Waals surface area contributed by atoms with Crippen molar-refractivity contribution in [3.8, 4) is 0 Å². The van der Waals surface area contributed by atoms with Crippen LogP contribution in [-0.2, 0) is 6.54 Å². The van der Waals surface area contributed by atoms with E-state index in [9.17, 15) is 0 Å². The molecular weight excluding hydrogens is 243 g/mol. The van der Waals surface area contributed by atoms with Gasteiger partial charge in [0.25, 0.3) is 0 Å². The molecular formula is C12H18Cl2N2.